The number of carbonyl (C=O) groups excluding carboxylic acids is 1. The number of nitrogens with two attached hydrogens (primary N) is 1. The Balaban J connectivity index is 2.06. The third-order valence-corrected chi connectivity index (χ3v) is 3.17. The SMILES string of the molecule is COC(CN)C(=O)N(Cc1ccc(C)o1)C1CC1. The molecule has 1 aromatic rings. The van der Waals surface area contributed by atoms with Gasteiger partial charge in [0, 0.05) is 19.7 Å². The number of carbonyl (C=O) groups is 1. The van der Waals surface area contributed by atoms with E-state index in [0.29, 0.717) is 12.6 Å². The Hall–Kier alpha value is -1.33. The lowest BCUT2D eigenvalue weighted by Gasteiger charge is -2.25. The summed E-state index contributed by atoms with van der Waals surface area (Å²) >= 11 is 0. The normalized spacial score (nSPS) is 16.6. The van der Waals surface area contributed by atoms with Crippen LogP contribution in [0.15, 0.2) is 16.5 Å². The highest BCUT2D eigenvalue weighted by Crippen LogP contribution is 2.29. The van der Waals surface area contributed by atoms with Gasteiger partial charge in [-0.05, 0) is 31.9 Å². The van der Waals surface area contributed by atoms with Crippen molar-refractivity contribution in [2.45, 2.75) is 38.5 Å². The van der Waals surface area contributed by atoms with Crippen LogP contribution in [0.2, 0.25) is 0 Å². The molecule has 5 heteroatoms. The second-order valence-electron chi connectivity index (χ2n) is 4.67. The van der Waals surface area contributed by atoms with E-state index in [4.69, 9.17) is 14.9 Å². The Bertz CT molecular complexity index is 408. The van der Waals surface area contributed by atoms with Crippen LogP contribution in [-0.2, 0) is 16.1 Å². The highest BCUT2D eigenvalue weighted by molar-refractivity contribution is 5.81. The number of aryl methyl sites for hydroxylation is 1. The average molecular weight is 252 g/mol. The summed E-state index contributed by atoms with van der Waals surface area (Å²) in [4.78, 5) is 14.1. The van der Waals surface area contributed by atoms with Gasteiger partial charge >= 0.3 is 0 Å². The van der Waals surface area contributed by atoms with Gasteiger partial charge in [-0.1, -0.05) is 0 Å². The molecule has 1 aliphatic rings. The molecule has 1 fully saturated rings. The predicted molar refractivity (Wildman–Crippen MR) is 66.9 cm³/mol. The van der Waals surface area contributed by atoms with Crippen LogP contribution in [-0.4, -0.2) is 36.6 Å². The van der Waals surface area contributed by atoms with E-state index < -0.39 is 6.10 Å². The van der Waals surface area contributed by atoms with Crippen LogP contribution in [0.1, 0.15) is 24.4 Å². The molecule has 1 heterocycles. The van der Waals surface area contributed by atoms with Gasteiger partial charge in [0.1, 0.15) is 17.6 Å². The Kier molecular flexibility index (Phi) is 4.04. The minimum Gasteiger partial charge on any atom is -0.464 e. The number of rotatable bonds is 6. The third-order valence-electron chi connectivity index (χ3n) is 3.17. The van der Waals surface area contributed by atoms with Gasteiger partial charge in [0.2, 0.25) is 0 Å². The fourth-order valence-electron chi connectivity index (χ4n) is 1.99. The van der Waals surface area contributed by atoms with Gasteiger partial charge in [-0.3, -0.25) is 4.79 Å². The summed E-state index contributed by atoms with van der Waals surface area (Å²) in [6, 6.07) is 4.12. The third kappa shape index (κ3) is 2.91. The molecule has 2 rings (SSSR count). The molecule has 1 saturated carbocycles. The maximum absolute atomic E-state index is 12.3. The molecule has 18 heavy (non-hydrogen) atoms. The fraction of sp³-hybridized carbons (Fsp3) is 0.615. The molecular weight excluding hydrogens is 232 g/mol. The van der Waals surface area contributed by atoms with Crippen molar-refractivity contribution in [3.8, 4) is 0 Å². The molecule has 100 valence electrons. The minimum absolute atomic E-state index is 0.0449. The van der Waals surface area contributed by atoms with Gasteiger partial charge < -0.3 is 19.8 Å². The zero-order valence-corrected chi connectivity index (χ0v) is 10.9. The Labute approximate surface area is 107 Å². The molecular formula is C13H20N2O3. The number of methoxy groups -OCH3 is 1. The molecule has 0 aliphatic heterocycles. The molecule has 0 bridgehead atoms. The molecule has 1 unspecified atom stereocenters. The maximum Gasteiger partial charge on any atom is 0.253 e. The first-order valence-electron chi connectivity index (χ1n) is 6.24. The lowest BCUT2D eigenvalue weighted by Crippen LogP contribution is -2.44. The first kappa shape index (κ1) is 13.1. The fourth-order valence-corrected chi connectivity index (χ4v) is 1.99. The molecule has 0 aromatic carbocycles. The van der Waals surface area contributed by atoms with Crippen LogP contribution >= 0.6 is 0 Å². The van der Waals surface area contributed by atoms with Gasteiger partial charge in [0.05, 0.1) is 6.54 Å². The average Bonchev–Trinajstić information content (AvgIpc) is 3.11. The molecule has 0 saturated heterocycles. The Morgan fingerprint density at radius 3 is 2.78 bits per heavy atom. The lowest BCUT2D eigenvalue weighted by atomic mass is 10.2. The van der Waals surface area contributed by atoms with Gasteiger partial charge in [0.25, 0.3) is 5.91 Å². The first-order valence-corrected chi connectivity index (χ1v) is 6.24. The summed E-state index contributed by atoms with van der Waals surface area (Å²) in [6.45, 7) is 2.59. The van der Waals surface area contributed by atoms with Crippen molar-refractivity contribution in [1.29, 1.82) is 0 Å². The number of nitrogens with zero attached hydrogens (tertiary/aromatic N) is 1. The van der Waals surface area contributed by atoms with Crippen LogP contribution < -0.4 is 5.73 Å². The van der Waals surface area contributed by atoms with Crippen molar-refractivity contribution in [3.63, 3.8) is 0 Å². The first-order chi connectivity index (χ1) is 8.65. The summed E-state index contributed by atoms with van der Waals surface area (Å²) in [5.74, 6) is 1.62. The summed E-state index contributed by atoms with van der Waals surface area (Å²) in [5.41, 5.74) is 5.54. The van der Waals surface area contributed by atoms with Crippen LogP contribution in [0, 0.1) is 6.92 Å². The van der Waals surface area contributed by atoms with E-state index in [2.05, 4.69) is 0 Å². The second-order valence-corrected chi connectivity index (χ2v) is 4.67. The van der Waals surface area contributed by atoms with Crippen LogP contribution in [0.5, 0.6) is 0 Å². The van der Waals surface area contributed by atoms with Gasteiger partial charge in [-0.25, -0.2) is 0 Å². The molecule has 0 radical (unpaired) electrons. The van der Waals surface area contributed by atoms with E-state index in [1.165, 1.54) is 7.11 Å². The van der Waals surface area contributed by atoms with Gasteiger partial charge in [-0.2, -0.15) is 0 Å². The smallest absolute Gasteiger partial charge is 0.253 e. The van der Waals surface area contributed by atoms with E-state index in [-0.39, 0.29) is 12.5 Å². The molecule has 0 spiro atoms. The molecule has 1 aliphatic carbocycles. The quantitative estimate of drug-likeness (QED) is 0.821. The van der Waals surface area contributed by atoms with Crippen molar-refractivity contribution < 1.29 is 13.9 Å². The van der Waals surface area contributed by atoms with Crippen molar-refractivity contribution in [2.24, 2.45) is 5.73 Å². The zero-order valence-electron chi connectivity index (χ0n) is 10.9. The number of hydrogen-bond acceptors (Lipinski definition) is 4. The molecule has 2 N–H and O–H groups in total. The number of ether oxygens (including phenoxy) is 1. The molecule has 1 aromatic heterocycles. The molecule has 1 atom stereocenters. The summed E-state index contributed by atoms with van der Waals surface area (Å²) in [5, 5.41) is 0. The monoisotopic (exact) mass is 252 g/mol. The number of furan rings is 1. The van der Waals surface area contributed by atoms with Crippen molar-refractivity contribution in [1.82, 2.24) is 4.90 Å². The van der Waals surface area contributed by atoms with E-state index in [1.807, 2.05) is 24.0 Å². The standard InChI is InChI=1S/C13H20N2O3/c1-9-3-6-11(18-9)8-15(10-4-5-10)13(16)12(7-14)17-2/h3,6,10,12H,4-5,7-8,14H2,1-2H3. The van der Waals surface area contributed by atoms with Gasteiger partial charge in [-0.15, -0.1) is 0 Å². The van der Waals surface area contributed by atoms with Crippen molar-refractivity contribution in [3.05, 3.63) is 23.7 Å². The van der Waals surface area contributed by atoms with Crippen molar-refractivity contribution >= 4 is 5.91 Å². The van der Waals surface area contributed by atoms with Crippen LogP contribution in [0.3, 0.4) is 0 Å². The largest absolute Gasteiger partial charge is 0.464 e. The minimum atomic E-state index is -0.554. The van der Waals surface area contributed by atoms with Crippen LogP contribution in [0.25, 0.3) is 0 Å². The maximum atomic E-state index is 12.3. The van der Waals surface area contributed by atoms with Crippen LogP contribution in [0.4, 0.5) is 0 Å². The Morgan fingerprint density at radius 1 is 1.61 bits per heavy atom. The van der Waals surface area contributed by atoms with E-state index >= 15 is 0 Å². The van der Waals surface area contributed by atoms with Gasteiger partial charge in [0.15, 0.2) is 0 Å². The van der Waals surface area contributed by atoms with E-state index in [9.17, 15) is 4.79 Å². The number of amides is 1. The second kappa shape index (κ2) is 5.54. The molecule has 1 amide bonds. The highest BCUT2D eigenvalue weighted by atomic mass is 16.5. The Morgan fingerprint density at radius 2 is 2.33 bits per heavy atom. The van der Waals surface area contributed by atoms with Crippen molar-refractivity contribution in [2.75, 3.05) is 13.7 Å². The lowest BCUT2D eigenvalue weighted by molar-refractivity contribution is -0.142. The topological polar surface area (TPSA) is 68.7 Å². The number of hydrogen-bond donors (Lipinski definition) is 1. The van der Waals surface area contributed by atoms with E-state index in [0.717, 1.165) is 24.4 Å². The predicted octanol–water partition coefficient (Wildman–Crippen LogP) is 1.05. The van der Waals surface area contributed by atoms with E-state index in [1.54, 1.807) is 0 Å². The summed E-state index contributed by atoms with van der Waals surface area (Å²) in [7, 11) is 1.51. The zero-order chi connectivity index (χ0) is 13.1. The highest BCUT2D eigenvalue weighted by Gasteiger charge is 2.36. The summed E-state index contributed by atoms with van der Waals surface area (Å²) in [6.07, 6.45) is 1.54. The molecule has 5 nitrogen and oxygen atoms in total. The summed E-state index contributed by atoms with van der Waals surface area (Å²) < 4.78 is 10.6.